The maximum absolute atomic E-state index is 11.8. The predicted octanol–water partition coefficient (Wildman–Crippen LogP) is 1.88. The summed E-state index contributed by atoms with van der Waals surface area (Å²) in [6, 6.07) is 4.79. The van der Waals surface area contributed by atoms with Gasteiger partial charge in [-0.05, 0) is 12.5 Å². The maximum Gasteiger partial charge on any atom is 0.297 e. The molecule has 0 radical (unpaired) electrons. The summed E-state index contributed by atoms with van der Waals surface area (Å²) in [6.07, 6.45) is 0.768. The van der Waals surface area contributed by atoms with E-state index in [2.05, 4.69) is 6.58 Å². The van der Waals surface area contributed by atoms with Crippen molar-refractivity contribution in [2.75, 3.05) is 6.61 Å². The fraction of sp³-hybridized carbons (Fsp3) is 0.273. The third kappa shape index (κ3) is 2.74. The van der Waals surface area contributed by atoms with E-state index < -0.39 is 15.0 Å². The Bertz CT molecular complexity index is 608. The molecule has 1 atom stereocenters. The monoisotopic (exact) mass is 269 g/mol. The van der Waals surface area contributed by atoms with Crippen LogP contribution in [0.5, 0.6) is 0 Å². The Balaban J connectivity index is 2.15. The van der Waals surface area contributed by atoms with Crippen molar-refractivity contribution in [3.63, 3.8) is 0 Å². The number of hydrogen-bond donors (Lipinski definition) is 0. The molecule has 1 aromatic rings. The van der Waals surface area contributed by atoms with E-state index in [1.807, 2.05) is 0 Å². The fourth-order valence-electron chi connectivity index (χ4n) is 1.43. The molecule has 6 nitrogen and oxygen atoms in total. The molecule has 0 N–H and O–H groups in total. The SMILES string of the molecule is C=C1CC1COS(=O)(=O)c1cccc([N+](=O)[O-])c1. The Morgan fingerprint density at radius 3 is 2.72 bits per heavy atom. The Labute approximate surface area is 104 Å². The first-order valence-electron chi connectivity index (χ1n) is 5.22. The first-order chi connectivity index (χ1) is 8.40. The maximum atomic E-state index is 11.8. The van der Waals surface area contributed by atoms with Crippen molar-refractivity contribution in [2.45, 2.75) is 11.3 Å². The van der Waals surface area contributed by atoms with Crippen LogP contribution in [0.1, 0.15) is 6.42 Å². The van der Waals surface area contributed by atoms with E-state index in [1.165, 1.54) is 18.2 Å². The van der Waals surface area contributed by atoms with E-state index in [4.69, 9.17) is 4.18 Å². The Morgan fingerprint density at radius 1 is 1.50 bits per heavy atom. The van der Waals surface area contributed by atoms with Crippen LogP contribution >= 0.6 is 0 Å². The molecular weight excluding hydrogens is 258 g/mol. The molecule has 1 fully saturated rings. The van der Waals surface area contributed by atoms with Gasteiger partial charge in [0, 0.05) is 18.1 Å². The molecule has 1 unspecified atom stereocenters. The number of nitrogens with zero attached hydrogens (tertiary/aromatic N) is 1. The average Bonchev–Trinajstić information content (AvgIpc) is 3.03. The lowest BCUT2D eigenvalue weighted by molar-refractivity contribution is -0.385. The first kappa shape index (κ1) is 12.7. The normalized spacial score (nSPS) is 18.7. The van der Waals surface area contributed by atoms with Crippen molar-refractivity contribution in [2.24, 2.45) is 5.92 Å². The van der Waals surface area contributed by atoms with E-state index in [-0.39, 0.29) is 23.1 Å². The number of nitro benzene ring substituents is 1. The van der Waals surface area contributed by atoms with Gasteiger partial charge in [0.2, 0.25) is 0 Å². The van der Waals surface area contributed by atoms with Gasteiger partial charge in [0.1, 0.15) is 4.90 Å². The number of non-ortho nitro benzene ring substituents is 1. The van der Waals surface area contributed by atoms with Crippen molar-refractivity contribution < 1.29 is 17.5 Å². The highest BCUT2D eigenvalue weighted by Crippen LogP contribution is 2.36. The molecule has 0 heterocycles. The quantitative estimate of drug-likeness (QED) is 0.352. The van der Waals surface area contributed by atoms with Gasteiger partial charge in [-0.25, -0.2) is 0 Å². The van der Waals surface area contributed by atoms with Crippen LogP contribution in [0.25, 0.3) is 0 Å². The van der Waals surface area contributed by atoms with Gasteiger partial charge in [-0.3, -0.25) is 14.3 Å². The second kappa shape index (κ2) is 4.51. The lowest BCUT2D eigenvalue weighted by Gasteiger charge is -2.04. The van der Waals surface area contributed by atoms with Crippen LogP contribution in [0, 0.1) is 16.0 Å². The van der Waals surface area contributed by atoms with E-state index in [9.17, 15) is 18.5 Å². The zero-order valence-electron chi connectivity index (χ0n) is 9.40. The summed E-state index contributed by atoms with van der Waals surface area (Å²) >= 11 is 0. The lowest BCUT2D eigenvalue weighted by atomic mass is 10.3. The molecule has 1 aliphatic carbocycles. The molecule has 0 saturated heterocycles. The molecule has 0 aromatic heterocycles. The van der Waals surface area contributed by atoms with Gasteiger partial charge in [-0.1, -0.05) is 18.2 Å². The molecule has 18 heavy (non-hydrogen) atoms. The largest absolute Gasteiger partial charge is 0.297 e. The highest BCUT2D eigenvalue weighted by molar-refractivity contribution is 7.86. The minimum atomic E-state index is -3.94. The lowest BCUT2D eigenvalue weighted by Crippen LogP contribution is -2.09. The highest BCUT2D eigenvalue weighted by Gasteiger charge is 2.30. The van der Waals surface area contributed by atoms with Gasteiger partial charge in [0.15, 0.2) is 0 Å². The van der Waals surface area contributed by atoms with Gasteiger partial charge in [-0.2, -0.15) is 8.42 Å². The second-order valence-electron chi connectivity index (χ2n) is 4.05. The van der Waals surface area contributed by atoms with Crippen molar-refractivity contribution in [3.05, 3.63) is 46.5 Å². The van der Waals surface area contributed by atoms with Gasteiger partial charge in [0.25, 0.3) is 15.8 Å². The molecule has 1 saturated carbocycles. The predicted molar refractivity (Wildman–Crippen MR) is 63.5 cm³/mol. The molecule has 1 aliphatic rings. The van der Waals surface area contributed by atoms with E-state index in [0.717, 1.165) is 18.1 Å². The summed E-state index contributed by atoms with van der Waals surface area (Å²) in [5.41, 5.74) is 0.680. The molecule has 0 amide bonds. The van der Waals surface area contributed by atoms with Crippen LogP contribution in [0.15, 0.2) is 41.3 Å². The molecule has 0 spiro atoms. The van der Waals surface area contributed by atoms with Crippen LogP contribution in [0.4, 0.5) is 5.69 Å². The van der Waals surface area contributed by atoms with Crippen LogP contribution < -0.4 is 0 Å². The number of rotatable bonds is 5. The molecular formula is C11H11NO5S. The molecule has 2 rings (SSSR count). The molecule has 1 aromatic carbocycles. The average molecular weight is 269 g/mol. The Hall–Kier alpha value is -1.73. The topological polar surface area (TPSA) is 86.5 Å². The summed E-state index contributed by atoms with van der Waals surface area (Å²) in [4.78, 5) is 9.70. The van der Waals surface area contributed by atoms with Gasteiger partial charge in [-0.15, -0.1) is 0 Å². The Morgan fingerprint density at radius 2 is 2.17 bits per heavy atom. The molecule has 0 aliphatic heterocycles. The van der Waals surface area contributed by atoms with E-state index in [1.54, 1.807) is 0 Å². The summed E-state index contributed by atoms with van der Waals surface area (Å²) in [5, 5.41) is 10.6. The third-order valence-electron chi connectivity index (χ3n) is 2.67. The number of benzene rings is 1. The van der Waals surface area contributed by atoms with Crippen molar-refractivity contribution >= 4 is 15.8 Å². The summed E-state index contributed by atoms with van der Waals surface area (Å²) in [7, 11) is -3.94. The van der Waals surface area contributed by atoms with Crippen molar-refractivity contribution in [1.82, 2.24) is 0 Å². The van der Waals surface area contributed by atoms with Crippen LogP contribution in [0.2, 0.25) is 0 Å². The number of nitro groups is 1. The fourth-order valence-corrected chi connectivity index (χ4v) is 2.42. The van der Waals surface area contributed by atoms with Gasteiger partial charge < -0.3 is 0 Å². The highest BCUT2D eigenvalue weighted by atomic mass is 32.2. The van der Waals surface area contributed by atoms with Gasteiger partial charge in [0.05, 0.1) is 11.5 Å². The number of hydrogen-bond acceptors (Lipinski definition) is 5. The van der Waals surface area contributed by atoms with Crippen molar-refractivity contribution in [3.8, 4) is 0 Å². The zero-order valence-corrected chi connectivity index (χ0v) is 10.2. The molecule has 96 valence electrons. The first-order valence-corrected chi connectivity index (χ1v) is 6.62. The summed E-state index contributed by atoms with van der Waals surface area (Å²) in [5.74, 6) is 0.0819. The zero-order chi connectivity index (χ0) is 13.3. The summed E-state index contributed by atoms with van der Waals surface area (Å²) in [6.45, 7) is 3.74. The van der Waals surface area contributed by atoms with E-state index >= 15 is 0 Å². The molecule has 0 bridgehead atoms. The smallest absolute Gasteiger partial charge is 0.266 e. The van der Waals surface area contributed by atoms with Crippen molar-refractivity contribution in [1.29, 1.82) is 0 Å². The van der Waals surface area contributed by atoms with Crippen LogP contribution in [-0.2, 0) is 14.3 Å². The third-order valence-corrected chi connectivity index (χ3v) is 3.94. The minimum absolute atomic E-state index is 0.0455. The Kier molecular flexibility index (Phi) is 3.18. The van der Waals surface area contributed by atoms with Crippen LogP contribution in [-0.4, -0.2) is 19.9 Å². The van der Waals surface area contributed by atoms with Gasteiger partial charge >= 0.3 is 0 Å². The standard InChI is InChI=1S/C11H11NO5S/c1-8-5-9(8)7-17-18(15,16)11-4-2-3-10(6-11)12(13)14/h2-4,6,9H,1,5,7H2. The second-order valence-corrected chi connectivity index (χ2v) is 5.67. The minimum Gasteiger partial charge on any atom is -0.266 e. The molecule has 7 heteroatoms. The van der Waals surface area contributed by atoms with E-state index in [0.29, 0.717) is 0 Å². The summed E-state index contributed by atoms with van der Waals surface area (Å²) < 4.78 is 28.4. The van der Waals surface area contributed by atoms with Crippen LogP contribution in [0.3, 0.4) is 0 Å².